The van der Waals surface area contributed by atoms with E-state index in [2.05, 4.69) is 6.92 Å². The minimum absolute atomic E-state index is 0.159. The minimum atomic E-state index is -0.647. The summed E-state index contributed by atoms with van der Waals surface area (Å²) in [6.45, 7) is 2.43. The Labute approximate surface area is 158 Å². The number of halogens is 1. The van der Waals surface area contributed by atoms with Crippen LogP contribution in [0.1, 0.15) is 51.0 Å². The van der Waals surface area contributed by atoms with Gasteiger partial charge in [-0.2, -0.15) is 0 Å². The summed E-state index contributed by atoms with van der Waals surface area (Å²) in [6.07, 6.45) is 6.70. The lowest BCUT2D eigenvalue weighted by Crippen LogP contribution is -2.22. The molecule has 1 aliphatic heterocycles. The minimum Gasteiger partial charge on any atom is -0.481 e. The number of carboxylic acids is 1. The van der Waals surface area contributed by atoms with Crippen molar-refractivity contribution in [2.45, 2.75) is 56.8 Å². The predicted octanol–water partition coefficient (Wildman–Crippen LogP) is 5.39. The number of ether oxygens (including phenoxy) is 2. The van der Waals surface area contributed by atoms with Gasteiger partial charge in [-0.15, -0.1) is 11.8 Å². The van der Waals surface area contributed by atoms with Gasteiger partial charge in [0.2, 0.25) is 6.79 Å². The Balaban J connectivity index is 1.70. The molecule has 0 atom stereocenters. The Bertz CT molecular complexity index is 626. The van der Waals surface area contributed by atoms with Gasteiger partial charge in [0.1, 0.15) is 0 Å². The lowest BCUT2D eigenvalue weighted by molar-refractivity contribution is -0.143. The van der Waals surface area contributed by atoms with E-state index in [-0.39, 0.29) is 12.7 Å². The van der Waals surface area contributed by atoms with Crippen LogP contribution in [0.15, 0.2) is 11.0 Å². The van der Waals surface area contributed by atoms with Crippen molar-refractivity contribution in [1.29, 1.82) is 0 Å². The van der Waals surface area contributed by atoms with Crippen molar-refractivity contribution in [3.05, 3.63) is 16.7 Å². The van der Waals surface area contributed by atoms with E-state index in [1.807, 2.05) is 6.07 Å². The molecular formula is C19H25ClO4S. The summed E-state index contributed by atoms with van der Waals surface area (Å²) in [5, 5.41) is 9.90. The molecule has 0 saturated heterocycles. The van der Waals surface area contributed by atoms with Gasteiger partial charge in [-0.05, 0) is 50.0 Å². The van der Waals surface area contributed by atoms with Gasteiger partial charge < -0.3 is 14.6 Å². The smallest absolute Gasteiger partial charge is 0.306 e. The Kier molecular flexibility index (Phi) is 6.39. The molecule has 3 rings (SSSR count). The van der Waals surface area contributed by atoms with Crippen molar-refractivity contribution in [1.82, 2.24) is 0 Å². The lowest BCUT2D eigenvalue weighted by Gasteiger charge is -2.26. The summed E-state index contributed by atoms with van der Waals surface area (Å²) in [5.74, 6) is 2.29. The SMILES string of the molecule is CCCCc1c(Cl)cc2c(c1SCC1CCC(C(=O)O)CC1)OCO2. The normalized spacial score (nSPS) is 22.2. The molecule has 2 aliphatic rings. The van der Waals surface area contributed by atoms with Crippen LogP contribution in [0.5, 0.6) is 11.5 Å². The molecule has 25 heavy (non-hydrogen) atoms. The van der Waals surface area contributed by atoms with Crippen LogP contribution in [-0.4, -0.2) is 23.6 Å². The van der Waals surface area contributed by atoms with Gasteiger partial charge in [-0.3, -0.25) is 4.79 Å². The molecule has 4 nitrogen and oxygen atoms in total. The van der Waals surface area contributed by atoms with Gasteiger partial charge in [0.25, 0.3) is 0 Å². The third-order valence-electron chi connectivity index (χ3n) is 5.11. The molecule has 0 radical (unpaired) electrons. The summed E-state index contributed by atoms with van der Waals surface area (Å²) in [5.41, 5.74) is 1.16. The Morgan fingerprint density at radius 1 is 1.32 bits per heavy atom. The second kappa shape index (κ2) is 8.54. The molecule has 1 aliphatic carbocycles. The zero-order valence-electron chi connectivity index (χ0n) is 14.6. The van der Waals surface area contributed by atoms with Gasteiger partial charge >= 0.3 is 5.97 Å². The van der Waals surface area contributed by atoms with E-state index in [4.69, 9.17) is 26.2 Å². The molecule has 0 bridgehead atoms. The maximum atomic E-state index is 11.1. The second-order valence-corrected chi connectivity index (χ2v) is 8.31. The number of fused-ring (bicyclic) bond motifs is 1. The predicted molar refractivity (Wildman–Crippen MR) is 100.0 cm³/mol. The number of benzene rings is 1. The number of thioether (sulfide) groups is 1. The monoisotopic (exact) mass is 384 g/mol. The van der Waals surface area contributed by atoms with Crippen molar-refractivity contribution in [3.8, 4) is 11.5 Å². The highest BCUT2D eigenvalue weighted by Gasteiger charge is 2.28. The summed E-state index contributed by atoms with van der Waals surface area (Å²) in [4.78, 5) is 12.2. The first kappa shape index (κ1) is 18.7. The van der Waals surface area contributed by atoms with Crippen LogP contribution in [0.25, 0.3) is 0 Å². The number of hydrogen-bond acceptors (Lipinski definition) is 4. The summed E-state index contributed by atoms with van der Waals surface area (Å²) in [7, 11) is 0. The maximum Gasteiger partial charge on any atom is 0.306 e. The largest absolute Gasteiger partial charge is 0.481 e. The number of aliphatic carboxylic acids is 1. The van der Waals surface area contributed by atoms with Gasteiger partial charge in [-0.1, -0.05) is 24.9 Å². The second-order valence-electron chi connectivity index (χ2n) is 6.87. The molecule has 1 N–H and O–H groups in total. The maximum absolute atomic E-state index is 11.1. The third-order valence-corrected chi connectivity index (χ3v) is 6.80. The van der Waals surface area contributed by atoms with Crippen molar-refractivity contribution in [3.63, 3.8) is 0 Å². The zero-order valence-corrected chi connectivity index (χ0v) is 16.1. The van der Waals surface area contributed by atoms with E-state index in [9.17, 15) is 4.79 Å². The van der Waals surface area contributed by atoms with Crippen molar-refractivity contribution in [2.75, 3.05) is 12.5 Å². The van der Waals surface area contributed by atoms with Gasteiger partial charge in [0, 0.05) is 16.8 Å². The van der Waals surface area contributed by atoms with E-state index in [0.717, 1.165) is 77.7 Å². The molecule has 1 heterocycles. The molecule has 0 aromatic heterocycles. The van der Waals surface area contributed by atoms with Crippen molar-refractivity contribution >= 4 is 29.3 Å². The standard InChI is InChI=1S/C19H25ClO4S/c1-2-3-4-14-15(20)9-16-17(24-11-23-16)18(14)25-10-12-5-7-13(8-6-12)19(21)22/h9,12-13H,2-8,10-11H2,1H3,(H,21,22). The Morgan fingerprint density at radius 3 is 2.76 bits per heavy atom. The van der Waals surface area contributed by atoms with Crippen molar-refractivity contribution in [2.24, 2.45) is 11.8 Å². The molecule has 1 aromatic rings. The average molecular weight is 385 g/mol. The third kappa shape index (κ3) is 4.37. The Morgan fingerprint density at radius 2 is 2.08 bits per heavy atom. The fraction of sp³-hybridized carbons (Fsp3) is 0.632. The summed E-state index contributed by atoms with van der Waals surface area (Å²) >= 11 is 8.31. The molecule has 0 unspecified atom stereocenters. The Hall–Kier alpha value is -1.07. The molecule has 138 valence electrons. The highest BCUT2D eigenvalue weighted by atomic mass is 35.5. The molecule has 1 aromatic carbocycles. The molecule has 1 fully saturated rings. The highest BCUT2D eigenvalue weighted by Crippen LogP contribution is 2.48. The average Bonchev–Trinajstić information content (AvgIpc) is 3.06. The van der Waals surface area contributed by atoms with Crippen LogP contribution in [0, 0.1) is 11.8 Å². The molecule has 6 heteroatoms. The number of unbranched alkanes of at least 4 members (excludes halogenated alkanes) is 1. The van der Waals surface area contributed by atoms with Crippen LogP contribution >= 0.6 is 23.4 Å². The van der Waals surface area contributed by atoms with Crippen LogP contribution in [-0.2, 0) is 11.2 Å². The molecule has 0 amide bonds. The van der Waals surface area contributed by atoms with E-state index in [1.54, 1.807) is 11.8 Å². The van der Waals surface area contributed by atoms with E-state index >= 15 is 0 Å². The van der Waals surface area contributed by atoms with Gasteiger partial charge in [-0.25, -0.2) is 0 Å². The van der Waals surface area contributed by atoms with Crippen LogP contribution < -0.4 is 9.47 Å². The zero-order chi connectivity index (χ0) is 17.8. The highest BCUT2D eigenvalue weighted by molar-refractivity contribution is 7.99. The van der Waals surface area contributed by atoms with E-state index in [0.29, 0.717) is 5.92 Å². The first-order valence-corrected chi connectivity index (χ1v) is 10.4. The number of carboxylic acid groups (broad SMARTS) is 1. The van der Waals surface area contributed by atoms with Crippen LogP contribution in [0.4, 0.5) is 0 Å². The number of carbonyl (C=O) groups is 1. The number of hydrogen-bond donors (Lipinski definition) is 1. The first-order valence-electron chi connectivity index (χ1n) is 9.06. The lowest BCUT2D eigenvalue weighted by atomic mass is 9.83. The van der Waals surface area contributed by atoms with Gasteiger partial charge in [0.15, 0.2) is 11.5 Å². The molecular weight excluding hydrogens is 360 g/mol. The van der Waals surface area contributed by atoms with E-state index in [1.165, 1.54) is 0 Å². The first-order chi connectivity index (χ1) is 12.1. The summed E-state index contributed by atoms with van der Waals surface area (Å²) in [6, 6.07) is 1.87. The molecule has 0 spiro atoms. The topological polar surface area (TPSA) is 55.8 Å². The van der Waals surface area contributed by atoms with Crippen LogP contribution in [0.2, 0.25) is 5.02 Å². The number of rotatable bonds is 7. The van der Waals surface area contributed by atoms with Crippen molar-refractivity contribution < 1.29 is 19.4 Å². The van der Waals surface area contributed by atoms with Gasteiger partial charge in [0.05, 0.1) is 10.8 Å². The quantitative estimate of drug-likeness (QED) is 0.638. The summed E-state index contributed by atoms with van der Waals surface area (Å²) < 4.78 is 11.2. The fourth-order valence-corrected chi connectivity index (χ4v) is 5.29. The molecule has 1 saturated carbocycles. The van der Waals surface area contributed by atoms with E-state index < -0.39 is 5.97 Å². The van der Waals surface area contributed by atoms with Crippen LogP contribution in [0.3, 0.4) is 0 Å². The fourth-order valence-electron chi connectivity index (χ4n) is 3.54.